The number of carbonyl (C=O) groups is 1. The summed E-state index contributed by atoms with van der Waals surface area (Å²) in [5.74, 6) is -0.795. The molecule has 1 fully saturated rings. The number of aliphatic carboxylic acids is 1. The van der Waals surface area contributed by atoms with Crippen LogP contribution in [0.4, 0.5) is 0 Å². The minimum absolute atomic E-state index is 0.0445. The Bertz CT molecular complexity index is 237. The van der Waals surface area contributed by atoms with E-state index in [1.54, 1.807) is 0 Å². The summed E-state index contributed by atoms with van der Waals surface area (Å²) in [7, 11) is 0. The number of carboxylic acid groups (broad SMARTS) is 1. The van der Waals surface area contributed by atoms with Crippen LogP contribution in [-0.2, 0) is 4.79 Å². The second kappa shape index (κ2) is 6.97. The van der Waals surface area contributed by atoms with Crippen LogP contribution >= 0.6 is 0 Å². The fourth-order valence-electron chi connectivity index (χ4n) is 2.61. The monoisotopic (exact) mass is 243 g/mol. The molecule has 3 N–H and O–H groups in total. The van der Waals surface area contributed by atoms with E-state index in [0.29, 0.717) is 6.42 Å². The number of aliphatic hydroxyl groups excluding tert-OH is 1. The van der Waals surface area contributed by atoms with Gasteiger partial charge in [-0.15, -0.1) is 0 Å². The molecular weight excluding hydrogens is 218 g/mol. The van der Waals surface area contributed by atoms with E-state index in [-0.39, 0.29) is 12.1 Å². The first-order valence-corrected chi connectivity index (χ1v) is 6.75. The number of hydrogen-bond donors (Lipinski definition) is 3. The molecule has 0 aromatic rings. The lowest BCUT2D eigenvalue weighted by atomic mass is 9.81. The molecule has 1 aliphatic carbocycles. The van der Waals surface area contributed by atoms with Gasteiger partial charge in [-0.2, -0.15) is 0 Å². The number of carboxylic acids is 1. The van der Waals surface area contributed by atoms with Gasteiger partial charge in [-0.1, -0.05) is 39.0 Å². The second-order valence-corrected chi connectivity index (χ2v) is 5.18. The van der Waals surface area contributed by atoms with Crippen molar-refractivity contribution in [2.24, 2.45) is 0 Å². The quantitative estimate of drug-likeness (QED) is 0.639. The minimum Gasteiger partial charge on any atom is -0.480 e. The van der Waals surface area contributed by atoms with E-state index >= 15 is 0 Å². The van der Waals surface area contributed by atoms with Crippen molar-refractivity contribution in [3.63, 3.8) is 0 Å². The largest absolute Gasteiger partial charge is 0.480 e. The van der Waals surface area contributed by atoms with Gasteiger partial charge in [0.15, 0.2) is 0 Å². The highest BCUT2D eigenvalue weighted by atomic mass is 16.4. The van der Waals surface area contributed by atoms with E-state index in [0.717, 1.165) is 38.5 Å². The Hall–Kier alpha value is -0.610. The Morgan fingerprint density at radius 2 is 2.00 bits per heavy atom. The Labute approximate surface area is 103 Å². The van der Waals surface area contributed by atoms with Gasteiger partial charge in [0, 0.05) is 5.54 Å². The third-order valence-corrected chi connectivity index (χ3v) is 3.74. The van der Waals surface area contributed by atoms with Crippen LogP contribution in [0.2, 0.25) is 0 Å². The fourth-order valence-corrected chi connectivity index (χ4v) is 2.61. The molecule has 100 valence electrons. The lowest BCUT2D eigenvalue weighted by molar-refractivity contribution is -0.140. The normalized spacial score (nSPS) is 21.1. The highest BCUT2D eigenvalue weighted by molar-refractivity contribution is 5.73. The number of nitrogens with one attached hydrogen (secondary N) is 1. The minimum atomic E-state index is -0.795. The van der Waals surface area contributed by atoms with Crippen LogP contribution in [0.5, 0.6) is 0 Å². The average molecular weight is 243 g/mol. The molecule has 1 aliphatic rings. The summed E-state index contributed by atoms with van der Waals surface area (Å²) in [6.45, 7) is 2.10. The standard InChI is InChI=1S/C13H25NO3/c1-2-3-7-11(12(16)17)14-13(10-15)8-5-4-6-9-13/h11,14-15H,2-10H2,1H3,(H,16,17). The molecule has 0 amide bonds. The molecule has 0 aromatic carbocycles. The lowest BCUT2D eigenvalue weighted by Crippen LogP contribution is -2.56. The van der Waals surface area contributed by atoms with E-state index in [1.165, 1.54) is 6.42 Å². The van der Waals surface area contributed by atoms with Crippen LogP contribution in [0.25, 0.3) is 0 Å². The molecule has 1 saturated carbocycles. The van der Waals surface area contributed by atoms with Crippen LogP contribution in [0.15, 0.2) is 0 Å². The lowest BCUT2D eigenvalue weighted by Gasteiger charge is -2.38. The topological polar surface area (TPSA) is 69.6 Å². The zero-order valence-electron chi connectivity index (χ0n) is 10.7. The number of hydrogen-bond acceptors (Lipinski definition) is 3. The molecule has 1 rings (SSSR count). The number of rotatable bonds is 7. The molecule has 1 atom stereocenters. The maximum Gasteiger partial charge on any atom is 0.320 e. The van der Waals surface area contributed by atoms with Crippen LogP contribution in [0.1, 0.15) is 58.3 Å². The van der Waals surface area contributed by atoms with E-state index in [1.807, 2.05) is 0 Å². The third-order valence-electron chi connectivity index (χ3n) is 3.74. The van der Waals surface area contributed by atoms with E-state index in [4.69, 9.17) is 0 Å². The zero-order valence-corrected chi connectivity index (χ0v) is 10.7. The molecule has 0 saturated heterocycles. The smallest absolute Gasteiger partial charge is 0.320 e. The molecule has 4 heteroatoms. The van der Waals surface area contributed by atoms with Crippen LogP contribution in [0, 0.1) is 0 Å². The summed E-state index contributed by atoms with van der Waals surface area (Å²) in [6.07, 6.45) is 7.67. The van der Waals surface area contributed by atoms with Gasteiger partial charge >= 0.3 is 5.97 Å². The van der Waals surface area contributed by atoms with Gasteiger partial charge in [0.2, 0.25) is 0 Å². The molecule has 0 aliphatic heterocycles. The maximum atomic E-state index is 11.2. The molecule has 1 unspecified atom stereocenters. The fraction of sp³-hybridized carbons (Fsp3) is 0.923. The maximum absolute atomic E-state index is 11.2. The van der Waals surface area contributed by atoms with Gasteiger partial charge < -0.3 is 10.2 Å². The molecule has 4 nitrogen and oxygen atoms in total. The molecule has 0 radical (unpaired) electrons. The average Bonchev–Trinajstić information content (AvgIpc) is 2.35. The van der Waals surface area contributed by atoms with E-state index < -0.39 is 12.0 Å². The zero-order chi connectivity index (χ0) is 12.7. The van der Waals surface area contributed by atoms with Crippen molar-refractivity contribution in [3.8, 4) is 0 Å². The van der Waals surface area contributed by atoms with Crippen molar-refractivity contribution in [3.05, 3.63) is 0 Å². The Balaban J connectivity index is 2.58. The van der Waals surface area contributed by atoms with Crippen LogP contribution in [-0.4, -0.2) is 34.4 Å². The third kappa shape index (κ3) is 4.28. The van der Waals surface area contributed by atoms with Crippen molar-refractivity contribution in [1.82, 2.24) is 5.32 Å². The Kier molecular flexibility index (Phi) is 5.92. The first-order valence-electron chi connectivity index (χ1n) is 6.75. The predicted molar refractivity (Wildman–Crippen MR) is 67.0 cm³/mol. The summed E-state index contributed by atoms with van der Waals surface area (Å²) in [5.41, 5.74) is -0.352. The summed E-state index contributed by atoms with van der Waals surface area (Å²) in [5, 5.41) is 21.9. The highest BCUT2D eigenvalue weighted by Crippen LogP contribution is 2.28. The Morgan fingerprint density at radius 3 is 2.47 bits per heavy atom. The number of unbranched alkanes of at least 4 members (excludes halogenated alkanes) is 1. The van der Waals surface area contributed by atoms with Crippen molar-refractivity contribution < 1.29 is 15.0 Å². The van der Waals surface area contributed by atoms with E-state index in [2.05, 4.69) is 12.2 Å². The molecule has 0 aromatic heterocycles. The summed E-state index contributed by atoms with van der Waals surface area (Å²) < 4.78 is 0. The first-order chi connectivity index (χ1) is 8.13. The van der Waals surface area contributed by atoms with Crippen LogP contribution in [0.3, 0.4) is 0 Å². The van der Waals surface area contributed by atoms with Gasteiger partial charge in [0.1, 0.15) is 6.04 Å². The van der Waals surface area contributed by atoms with Crippen molar-refractivity contribution in [2.45, 2.75) is 69.9 Å². The molecule has 0 spiro atoms. The van der Waals surface area contributed by atoms with Gasteiger partial charge in [-0.05, 0) is 19.3 Å². The summed E-state index contributed by atoms with van der Waals surface area (Å²) in [6, 6.07) is -0.514. The van der Waals surface area contributed by atoms with Crippen molar-refractivity contribution in [2.75, 3.05) is 6.61 Å². The highest BCUT2D eigenvalue weighted by Gasteiger charge is 2.35. The number of aliphatic hydroxyl groups is 1. The Morgan fingerprint density at radius 1 is 1.35 bits per heavy atom. The summed E-state index contributed by atoms with van der Waals surface area (Å²) >= 11 is 0. The van der Waals surface area contributed by atoms with Gasteiger partial charge in [0.25, 0.3) is 0 Å². The van der Waals surface area contributed by atoms with Gasteiger partial charge in [-0.3, -0.25) is 10.1 Å². The van der Waals surface area contributed by atoms with Crippen molar-refractivity contribution in [1.29, 1.82) is 0 Å². The molecule has 0 heterocycles. The molecule has 0 bridgehead atoms. The van der Waals surface area contributed by atoms with Gasteiger partial charge in [0.05, 0.1) is 6.61 Å². The SMILES string of the molecule is CCCCC(NC1(CO)CCCCC1)C(=O)O. The second-order valence-electron chi connectivity index (χ2n) is 5.18. The summed E-state index contributed by atoms with van der Waals surface area (Å²) in [4.78, 5) is 11.2. The molecule has 17 heavy (non-hydrogen) atoms. The predicted octanol–water partition coefficient (Wildman–Crippen LogP) is 1.91. The van der Waals surface area contributed by atoms with Crippen LogP contribution < -0.4 is 5.32 Å². The van der Waals surface area contributed by atoms with Crippen molar-refractivity contribution >= 4 is 5.97 Å². The molecular formula is C13H25NO3. The first kappa shape index (κ1) is 14.5. The van der Waals surface area contributed by atoms with E-state index in [9.17, 15) is 15.0 Å². The van der Waals surface area contributed by atoms with Gasteiger partial charge in [-0.25, -0.2) is 0 Å².